The number of halogens is 2. The molecule has 0 saturated carbocycles. The number of nitrogens with zero attached hydrogens (tertiary/aromatic N) is 4. The number of aromatic nitrogens is 4. The highest BCUT2D eigenvalue weighted by Crippen LogP contribution is 2.26. The number of benzene rings is 2. The number of nitrogens with one attached hydrogen (secondary N) is 1. The second-order valence-electron chi connectivity index (χ2n) is 6.00. The molecule has 4 rings (SSSR count). The van der Waals surface area contributed by atoms with E-state index in [0.717, 1.165) is 9.20 Å². The Morgan fingerprint density at radius 1 is 1.00 bits per heavy atom. The lowest BCUT2D eigenvalue weighted by molar-refractivity contribution is -0.117. The van der Waals surface area contributed by atoms with Crippen molar-refractivity contribution in [3.05, 3.63) is 82.8 Å². The molecule has 2 aromatic carbocycles. The van der Waals surface area contributed by atoms with E-state index in [1.807, 2.05) is 0 Å². The summed E-state index contributed by atoms with van der Waals surface area (Å²) >= 11 is 1.19. The van der Waals surface area contributed by atoms with E-state index in [9.17, 15) is 18.4 Å². The van der Waals surface area contributed by atoms with Gasteiger partial charge in [0.2, 0.25) is 5.91 Å². The van der Waals surface area contributed by atoms with Crippen molar-refractivity contribution in [3.8, 4) is 0 Å². The van der Waals surface area contributed by atoms with Crippen LogP contribution in [0.2, 0.25) is 0 Å². The number of carbonyl (C=O) groups excluding carboxylic acids is 1. The van der Waals surface area contributed by atoms with Gasteiger partial charge in [-0.3, -0.25) is 4.79 Å². The van der Waals surface area contributed by atoms with E-state index in [-0.39, 0.29) is 23.7 Å². The smallest absolute Gasteiger partial charge is 0.324 e. The Kier molecular flexibility index (Phi) is 5.09. The number of fused-ring (bicyclic) bond motifs is 1. The summed E-state index contributed by atoms with van der Waals surface area (Å²) in [6, 6.07) is 14.7. The van der Waals surface area contributed by atoms with E-state index in [1.54, 1.807) is 24.3 Å². The van der Waals surface area contributed by atoms with Gasteiger partial charge >= 0.3 is 5.69 Å². The van der Waals surface area contributed by atoms with Gasteiger partial charge in [0.15, 0.2) is 5.65 Å². The second kappa shape index (κ2) is 7.84. The molecule has 0 unspecified atom stereocenters. The quantitative estimate of drug-likeness (QED) is 0.544. The summed E-state index contributed by atoms with van der Waals surface area (Å²) < 4.78 is 28.6. The predicted molar refractivity (Wildman–Crippen MR) is 103 cm³/mol. The van der Waals surface area contributed by atoms with Crippen LogP contribution in [-0.2, 0) is 11.3 Å². The summed E-state index contributed by atoms with van der Waals surface area (Å²) in [6.07, 6.45) is 0. The number of hydrogen-bond acceptors (Lipinski definition) is 5. The third-order valence-corrected chi connectivity index (χ3v) is 4.75. The van der Waals surface area contributed by atoms with Crippen molar-refractivity contribution < 1.29 is 13.6 Å². The number of carbonyl (C=O) groups is 1. The fourth-order valence-electron chi connectivity index (χ4n) is 2.60. The molecule has 0 spiro atoms. The Bertz CT molecular complexity index is 1270. The van der Waals surface area contributed by atoms with Crippen LogP contribution in [0.3, 0.4) is 0 Å². The first-order valence-corrected chi connectivity index (χ1v) is 9.25. The number of amides is 1. The molecule has 0 atom stereocenters. The Labute approximate surface area is 167 Å². The van der Waals surface area contributed by atoms with Crippen LogP contribution in [0.1, 0.15) is 0 Å². The van der Waals surface area contributed by atoms with Crippen molar-refractivity contribution in [1.29, 1.82) is 0 Å². The highest BCUT2D eigenvalue weighted by Gasteiger charge is 2.13. The SMILES string of the molecule is O=C(Cn1nc2ccc(Sc3cccc(F)c3)nn2c1=O)Nc1cccc(F)c1. The standard InChI is InChI=1S/C19H13F2N5O2S/c20-12-3-1-5-14(9-12)22-17(27)11-25-19(28)26-16(23-25)7-8-18(24-26)29-15-6-2-4-13(21)10-15/h1-10H,11H2,(H,22,27). The normalized spacial score (nSPS) is 11.0. The highest BCUT2D eigenvalue weighted by atomic mass is 32.2. The lowest BCUT2D eigenvalue weighted by atomic mass is 10.3. The fraction of sp³-hybridized carbons (Fsp3) is 0.0526. The zero-order valence-electron chi connectivity index (χ0n) is 14.8. The molecule has 1 N–H and O–H groups in total. The van der Waals surface area contributed by atoms with Crippen molar-refractivity contribution in [2.75, 3.05) is 5.32 Å². The second-order valence-corrected chi connectivity index (χ2v) is 7.09. The number of anilines is 1. The average Bonchev–Trinajstić information content (AvgIpc) is 2.97. The van der Waals surface area contributed by atoms with Gasteiger partial charge in [-0.25, -0.2) is 18.3 Å². The van der Waals surface area contributed by atoms with Crippen molar-refractivity contribution >= 4 is 29.0 Å². The Balaban J connectivity index is 1.54. The molecule has 0 aliphatic heterocycles. The van der Waals surface area contributed by atoms with E-state index >= 15 is 0 Å². The number of hydrogen-bond donors (Lipinski definition) is 1. The first kappa shape index (κ1) is 18.8. The first-order valence-electron chi connectivity index (χ1n) is 8.44. The molecule has 4 aromatic rings. The molecule has 0 aliphatic carbocycles. The Hall–Kier alpha value is -3.53. The zero-order chi connectivity index (χ0) is 20.4. The molecule has 1 amide bonds. The van der Waals surface area contributed by atoms with Crippen LogP contribution >= 0.6 is 11.8 Å². The lowest BCUT2D eigenvalue weighted by Crippen LogP contribution is -2.28. The molecule has 0 aliphatic rings. The van der Waals surface area contributed by atoms with Crippen molar-refractivity contribution in [2.24, 2.45) is 0 Å². The Morgan fingerprint density at radius 2 is 1.76 bits per heavy atom. The van der Waals surface area contributed by atoms with E-state index in [1.165, 1.54) is 48.2 Å². The summed E-state index contributed by atoms with van der Waals surface area (Å²) in [5.74, 6) is -1.39. The molecule has 0 radical (unpaired) electrons. The maximum absolute atomic E-state index is 13.3. The maximum atomic E-state index is 13.3. The van der Waals surface area contributed by atoms with E-state index in [2.05, 4.69) is 15.5 Å². The van der Waals surface area contributed by atoms with E-state index in [4.69, 9.17) is 0 Å². The average molecular weight is 413 g/mol. The van der Waals surface area contributed by atoms with Crippen LogP contribution < -0.4 is 11.0 Å². The summed E-state index contributed by atoms with van der Waals surface area (Å²) in [6.45, 7) is -0.356. The number of rotatable bonds is 5. The minimum atomic E-state index is -0.601. The highest BCUT2D eigenvalue weighted by molar-refractivity contribution is 7.99. The molecule has 2 heterocycles. The fourth-order valence-corrected chi connectivity index (χ4v) is 3.42. The van der Waals surface area contributed by atoms with Gasteiger partial charge in [0.1, 0.15) is 23.2 Å². The topological polar surface area (TPSA) is 81.3 Å². The minimum absolute atomic E-state index is 0.261. The molecule has 0 saturated heterocycles. The zero-order valence-corrected chi connectivity index (χ0v) is 15.6. The molecule has 2 aromatic heterocycles. The van der Waals surface area contributed by atoms with Crippen LogP contribution in [0.15, 0.2) is 75.4 Å². The van der Waals surface area contributed by atoms with Gasteiger partial charge in [-0.05, 0) is 48.5 Å². The molecule has 10 heteroatoms. The van der Waals surface area contributed by atoms with Crippen molar-refractivity contribution in [2.45, 2.75) is 16.5 Å². The lowest BCUT2D eigenvalue weighted by Gasteiger charge is -2.04. The summed E-state index contributed by atoms with van der Waals surface area (Å²) in [5, 5.41) is 11.2. The molecule has 29 heavy (non-hydrogen) atoms. The van der Waals surface area contributed by atoms with Crippen molar-refractivity contribution in [3.63, 3.8) is 0 Å². The molecular formula is C19H13F2N5O2S. The molecular weight excluding hydrogens is 400 g/mol. The van der Waals surface area contributed by atoms with Crippen LogP contribution in [0.4, 0.5) is 14.5 Å². The largest absolute Gasteiger partial charge is 0.367 e. The van der Waals surface area contributed by atoms with Gasteiger partial charge in [0.25, 0.3) is 0 Å². The van der Waals surface area contributed by atoms with Gasteiger partial charge in [-0.15, -0.1) is 5.10 Å². The van der Waals surface area contributed by atoms with Crippen LogP contribution in [0, 0.1) is 11.6 Å². The van der Waals surface area contributed by atoms with Crippen molar-refractivity contribution in [1.82, 2.24) is 19.4 Å². The third kappa shape index (κ3) is 4.32. The van der Waals surface area contributed by atoms with E-state index in [0.29, 0.717) is 9.92 Å². The monoisotopic (exact) mass is 413 g/mol. The molecule has 0 fully saturated rings. The van der Waals surface area contributed by atoms with Gasteiger partial charge in [0.05, 0.1) is 0 Å². The van der Waals surface area contributed by atoms with Crippen LogP contribution in [0.25, 0.3) is 5.65 Å². The third-order valence-electron chi connectivity index (χ3n) is 3.84. The van der Waals surface area contributed by atoms with Crippen LogP contribution in [0.5, 0.6) is 0 Å². The maximum Gasteiger partial charge on any atom is 0.367 e. The molecule has 0 bridgehead atoms. The van der Waals surface area contributed by atoms with Gasteiger partial charge in [-0.1, -0.05) is 23.9 Å². The first-order chi connectivity index (χ1) is 14.0. The van der Waals surface area contributed by atoms with Gasteiger partial charge < -0.3 is 5.32 Å². The summed E-state index contributed by atoms with van der Waals surface area (Å²) in [5.41, 5.74) is -0.0630. The molecule has 146 valence electrons. The summed E-state index contributed by atoms with van der Waals surface area (Å²) in [4.78, 5) is 25.3. The van der Waals surface area contributed by atoms with Crippen LogP contribution in [-0.4, -0.2) is 25.3 Å². The predicted octanol–water partition coefficient (Wildman–Crippen LogP) is 2.96. The molecule has 7 nitrogen and oxygen atoms in total. The van der Waals surface area contributed by atoms with E-state index < -0.39 is 17.4 Å². The minimum Gasteiger partial charge on any atom is -0.324 e. The summed E-state index contributed by atoms with van der Waals surface area (Å²) in [7, 11) is 0. The Morgan fingerprint density at radius 3 is 2.52 bits per heavy atom. The van der Waals surface area contributed by atoms with Gasteiger partial charge in [0, 0.05) is 10.6 Å². The van der Waals surface area contributed by atoms with Gasteiger partial charge in [-0.2, -0.15) is 9.61 Å².